The van der Waals surface area contributed by atoms with E-state index >= 15 is 0 Å². The Hall–Kier alpha value is -4.72. The molecule has 43 heavy (non-hydrogen) atoms. The minimum Gasteiger partial charge on any atom is -0.872 e. The minimum atomic E-state index is -0.129. The fourth-order valence-corrected chi connectivity index (χ4v) is 3.98. The van der Waals surface area contributed by atoms with Crippen molar-refractivity contribution in [3.05, 3.63) is 119 Å². The largest absolute Gasteiger partial charge is 2.00 e. The Morgan fingerprint density at radius 1 is 0.488 bits per heavy atom. The van der Waals surface area contributed by atoms with Crippen LogP contribution in [0.1, 0.15) is 11.1 Å². The van der Waals surface area contributed by atoms with Crippen molar-refractivity contribution in [2.75, 3.05) is 42.7 Å². The van der Waals surface area contributed by atoms with Gasteiger partial charge in [-0.05, 0) is 46.5 Å². The summed E-state index contributed by atoms with van der Waals surface area (Å²) in [5.74, 6) is 2.52. The maximum absolute atomic E-state index is 12.2. The van der Waals surface area contributed by atoms with Gasteiger partial charge in [-0.15, -0.1) is 11.5 Å². The average Bonchev–Trinajstić information content (AvgIpc) is 3.76. The van der Waals surface area contributed by atoms with Crippen molar-refractivity contribution in [1.82, 2.24) is 0 Å². The van der Waals surface area contributed by atoms with E-state index in [9.17, 15) is 10.2 Å². The van der Waals surface area contributed by atoms with Crippen molar-refractivity contribution in [3.8, 4) is 34.5 Å². The molecular formula is C34H34FeO8. The van der Waals surface area contributed by atoms with Crippen LogP contribution in [0.25, 0.3) is 11.5 Å². The van der Waals surface area contributed by atoms with E-state index in [1.807, 2.05) is 48.6 Å². The molecule has 9 heteroatoms. The van der Waals surface area contributed by atoms with Crippen LogP contribution in [0.5, 0.6) is 34.5 Å². The van der Waals surface area contributed by atoms with E-state index < -0.39 is 0 Å². The molecule has 0 saturated heterocycles. The van der Waals surface area contributed by atoms with Gasteiger partial charge in [-0.3, -0.25) is 0 Å². The smallest absolute Gasteiger partial charge is 0.872 e. The summed E-state index contributed by atoms with van der Waals surface area (Å²) >= 11 is 0. The third-order valence-corrected chi connectivity index (χ3v) is 6.13. The molecule has 2 aliphatic carbocycles. The van der Waals surface area contributed by atoms with Gasteiger partial charge >= 0.3 is 17.1 Å². The molecule has 0 aliphatic heterocycles. The molecule has 0 saturated carbocycles. The van der Waals surface area contributed by atoms with Crippen LogP contribution in [0, 0.1) is 0 Å². The fraction of sp³-hybridized carbons (Fsp3) is 0.176. The maximum Gasteiger partial charge on any atom is 2.00 e. The third-order valence-electron chi connectivity index (χ3n) is 6.13. The molecule has 4 rings (SSSR count). The Morgan fingerprint density at radius 3 is 1.00 bits per heavy atom. The van der Waals surface area contributed by atoms with Crippen molar-refractivity contribution in [3.63, 3.8) is 0 Å². The van der Waals surface area contributed by atoms with E-state index in [4.69, 9.17) is 28.4 Å². The van der Waals surface area contributed by atoms with E-state index in [1.165, 1.54) is 54.8 Å². The molecule has 2 aromatic rings. The van der Waals surface area contributed by atoms with Gasteiger partial charge in [0.1, 0.15) is 0 Å². The normalized spacial score (nSPS) is 13.2. The Morgan fingerprint density at radius 2 is 0.767 bits per heavy atom. The molecule has 0 atom stereocenters. The van der Waals surface area contributed by atoms with E-state index in [1.54, 1.807) is 36.4 Å². The zero-order valence-electron chi connectivity index (χ0n) is 24.9. The average molecular weight is 626 g/mol. The van der Waals surface area contributed by atoms with Crippen LogP contribution >= 0.6 is 0 Å². The summed E-state index contributed by atoms with van der Waals surface area (Å²) in [5.41, 5.74) is 2.92. The zero-order valence-corrected chi connectivity index (χ0v) is 26.0. The quantitative estimate of drug-likeness (QED) is 0.271. The molecular weight excluding hydrogens is 592 g/mol. The number of hydrogen-bond acceptors (Lipinski definition) is 8. The second-order valence-electron chi connectivity index (χ2n) is 8.66. The molecule has 0 fully saturated rings. The van der Waals surface area contributed by atoms with E-state index in [2.05, 4.69) is 0 Å². The second-order valence-corrected chi connectivity index (χ2v) is 8.66. The number of methoxy groups -OCH3 is 6. The zero-order chi connectivity index (χ0) is 30.5. The summed E-state index contributed by atoms with van der Waals surface area (Å²) in [5, 5.41) is 24.5. The van der Waals surface area contributed by atoms with Gasteiger partial charge in [0.25, 0.3) is 0 Å². The molecule has 8 nitrogen and oxygen atoms in total. The van der Waals surface area contributed by atoms with Gasteiger partial charge in [0, 0.05) is 0 Å². The van der Waals surface area contributed by atoms with Crippen molar-refractivity contribution in [2.24, 2.45) is 0 Å². The van der Waals surface area contributed by atoms with Gasteiger partial charge in [0.05, 0.1) is 42.7 Å². The molecule has 0 heterocycles. The Balaban J connectivity index is 0.000000293. The number of allylic oxidation sites excluding steroid dienone is 14. The minimum absolute atomic E-state index is 0. The SMILES string of the molecule is COc1cc(C([O-])=CC=C2C=CC=C2)cc(OC)c1OC.COc1cc(C([O-])=CC=C2C=CC=C2)cc(OC)c1OC.[Fe+2]. The Labute approximate surface area is 263 Å². The van der Waals surface area contributed by atoms with Crippen LogP contribution in [-0.4, -0.2) is 42.7 Å². The molecule has 0 bridgehead atoms. The predicted molar refractivity (Wildman–Crippen MR) is 161 cm³/mol. The van der Waals surface area contributed by atoms with E-state index in [0.717, 1.165) is 11.1 Å². The van der Waals surface area contributed by atoms with Crippen LogP contribution < -0.4 is 38.6 Å². The fourth-order valence-electron chi connectivity index (χ4n) is 3.98. The molecule has 2 aromatic carbocycles. The number of ether oxygens (including phenoxy) is 6. The predicted octanol–water partition coefficient (Wildman–Crippen LogP) is 4.93. The van der Waals surface area contributed by atoms with Crippen LogP contribution in [0.3, 0.4) is 0 Å². The van der Waals surface area contributed by atoms with Crippen LogP contribution in [-0.2, 0) is 17.1 Å². The number of benzene rings is 2. The van der Waals surface area contributed by atoms with Crippen LogP contribution in [0.4, 0.5) is 0 Å². The van der Waals surface area contributed by atoms with Gasteiger partial charge in [0.2, 0.25) is 11.5 Å². The van der Waals surface area contributed by atoms with Gasteiger partial charge in [-0.1, -0.05) is 72.9 Å². The molecule has 0 radical (unpaired) electrons. The summed E-state index contributed by atoms with van der Waals surface area (Å²) < 4.78 is 31.4. The van der Waals surface area contributed by atoms with Gasteiger partial charge in [-0.2, -0.15) is 0 Å². The van der Waals surface area contributed by atoms with Crippen molar-refractivity contribution < 1.29 is 55.7 Å². The molecule has 2 aliphatic rings. The van der Waals surface area contributed by atoms with E-state index in [0.29, 0.717) is 45.6 Å². The van der Waals surface area contributed by atoms with Gasteiger partial charge in [-0.25, -0.2) is 0 Å². The maximum atomic E-state index is 12.2. The molecule has 0 spiro atoms. The molecule has 0 amide bonds. The third kappa shape index (κ3) is 9.13. The number of rotatable bonds is 10. The van der Waals surface area contributed by atoms with Crippen molar-refractivity contribution in [1.29, 1.82) is 0 Å². The second kappa shape index (κ2) is 17.3. The number of hydrogen-bond donors (Lipinski definition) is 0. The monoisotopic (exact) mass is 626 g/mol. The summed E-state index contributed by atoms with van der Waals surface area (Å²) in [6.45, 7) is 0. The standard InChI is InChI=1S/2C17H18O4.Fe/c2*1-19-15-10-13(11-16(20-2)17(15)21-3)14(18)9-8-12-6-4-5-7-12;/h2*4-11,18H,1-3H3;/q;;+2/p-2. The first-order valence-corrected chi connectivity index (χ1v) is 12.9. The van der Waals surface area contributed by atoms with E-state index in [-0.39, 0.29) is 28.6 Å². The van der Waals surface area contributed by atoms with Crippen LogP contribution in [0.2, 0.25) is 0 Å². The first-order valence-electron chi connectivity index (χ1n) is 12.9. The van der Waals surface area contributed by atoms with Gasteiger partial charge < -0.3 is 38.6 Å². The Kier molecular flexibility index (Phi) is 13.9. The molecule has 226 valence electrons. The van der Waals surface area contributed by atoms with Gasteiger partial charge in [0.15, 0.2) is 23.0 Å². The summed E-state index contributed by atoms with van der Waals surface area (Å²) in [7, 11) is 9.13. The molecule has 0 unspecified atom stereocenters. The Bertz CT molecular complexity index is 1310. The van der Waals surface area contributed by atoms with Crippen molar-refractivity contribution in [2.45, 2.75) is 0 Å². The summed E-state index contributed by atoms with van der Waals surface area (Å²) in [6.07, 6.45) is 22.0. The van der Waals surface area contributed by atoms with Crippen molar-refractivity contribution >= 4 is 11.5 Å². The first kappa shape index (κ1) is 34.5. The summed E-state index contributed by atoms with van der Waals surface area (Å²) in [4.78, 5) is 0. The topological polar surface area (TPSA) is 102 Å². The molecule has 0 aromatic heterocycles. The first-order chi connectivity index (χ1) is 20.4. The molecule has 0 N–H and O–H groups in total. The van der Waals surface area contributed by atoms with Crippen LogP contribution in [0.15, 0.2) is 108 Å². The summed E-state index contributed by atoms with van der Waals surface area (Å²) in [6, 6.07) is 6.55.